The molecule has 0 aromatic heterocycles. The van der Waals surface area contributed by atoms with Crippen molar-refractivity contribution < 1.29 is 9.53 Å². The van der Waals surface area contributed by atoms with Gasteiger partial charge in [0.2, 0.25) is 0 Å². The van der Waals surface area contributed by atoms with Crippen LogP contribution in [0.25, 0.3) is 0 Å². The molecule has 2 rings (SSSR count). The maximum absolute atomic E-state index is 12.0. The highest BCUT2D eigenvalue weighted by Crippen LogP contribution is 2.13. The van der Waals surface area contributed by atoms with E-state index < -0.39 is 0 Å². The molecule has 0 spiro atoms. The van der Waals surface area contributed by atoms with Crippen molar-refractivity contribution in [3.8, 4) is 0 Å². The zero-order valence-corrected chi connectivity index (χ0v) is 8.57. The molecule has 15 heavy (non-hydrogen) atoms. The topological polar surface area (TPSA) is 26.3 Å². The van der Waals surface area contributed by atoms with E-state index in [1.807, 2.05) is 31.2 Å². The van der Waals surface area contributed by atoms with E-state index >= 15 is 0 Å². The molecule has 1 aromatic carbocycles. The van der Waals surface area contributed by atoms with Gasteiger partial charge >= 0.3 is 0 Å². The highest BCUT2D eigenvalue weighted by Gasteiger charge is 2.13. The van der Waals surface area contributed by atoms with Gasteiger partial charge in [0.25, 0.3) is 0 Å². The average Bonchev–Trinajstić information content (AvgIpc) is 2.29. The highest BCUT2D eigenvalue weighted by molar-refractivity contribution is 6.09. The number of ether oxygens (including phenoxy) is 1. The van der Waals surface area contributed by atoms with Crippen LogP contribution in [-0.4, -0.2) is 12.4 Å². The van der Waals surface area contributed by atoms with Gasteiger partial charge in [-0.3, -0.25) is 4.79 Å². The van der Waals surface area contributed by atoms with Crippen LogP contribution in [0.15, 0.2) is 48.3 Å². The summed E-state index contributed by atoms with van der Waals surface area (Å²) in [4.78, 5) is 12.0. The van der Waals surface area contributed by atoms with E-state index in [9.17, 15) is 4.79 Å². The number of hydrogen-bond acceptors (Lipinski definition) is 2. The van der Waals surface area contributed by atoms with Crippen molar-refractivity contribution in [1.82, 2.24) is 0 Å². The molecule has 0 N–H and O–H groups in total. The number of aryl methyl sites for hydroxylation is 1. The number of hydrogen-bond donors (Lipinski definition) is 0. The van der Waals surface area contributed by atoms with Gasteiger partial charge in [-0.1, -0.05) is 23.8 Å². The van der Waals surface area contributed by atoms with Crippen molar-refractivity contribution in [3.05, 3.63) is 59.4 Å². The third-order valence-electron chi connectivity index (χ3n) is 2.28. The molecule has 76 valence electrons. The van der Waals surface area contributed by atoms with Crippen LogP contribution in [0.2, 0.25) is 0 Å². The van der Waals surface area contributed by atoms with Crippen LogP contribution in [0.5, 0.6) is 0 Å². The minimum absolute atomic E-state index is 0.0445. The highest BCUT2D eigenvalue weighted by atomic mass is 16.5. The number of Topliss-reactive ketones (excluding diaryl/α,β-unsaturated/α-hetero) is 1. The molecule has 0 fully saturated rings. The van der Waals surface area contributed by atoms with Crippen LogP contribution in [0.3, 0.4) is 0 Å². The molecule has 0 bridgehead atoms. The first-order valence-corrected chi connectivity index (χ1v) is 4.86. The Morgan fingerprint density at radius 2 is 2.27 bits per heavy atom. The quantitative estimate of drug-likeness (QED) is 0.686. The monoisotopic (exact) mass is 200 g/mol. The van der Waals surface area contributed by atoms with Crippen molar-refractivity contribution in [3.63, 3.8) is 0 Å². The third-order valence-corrected chi connectivity index (χ3v) is 2.28. The van der Waals surface area contributed by atoms with Crippen molar-refractivity contribution >= 4 is 5.78 Å². The molecule has 1 aliphatic heterocycles. The zero-order valence-electron chi connectivity index (χ0n) is 8.57. The number of ketones is 1. The summed E-state index contributed by atoms with van der Waals surface area (Å²) in [5, 5.41) is 0. The van der Waals surface area contributed by atoms with Gasteiger partial charge < -0.3 is 4.74 Å². The second-order valence-corrected chi connectivity index (χ2v) is 3.53. The lowest BCUT2D eigenvalue weighted by Crippen LogP contribution is -2.10. The van der Waals surface area contributed by atoms with Gasteiger partial charge in [0.05, 0.1) is 6.26 Å². The van der Waals surface area contributed by atoms with E-state index in [-0.39, 0.29) is 5.78 Å². The van der Waals surface area contributed by atoms with Crippen LogP contribution >= 0.6 is 0 Å². The minimum atomic E-state index is 0.0445. The van der Waals surface area contributed by atoms with E-state index in [0.717, 1.165) is 11.1 Å². The second kappa shape index (κ2) is 4.13. The summed E-state index contributed by atoms with van der Waals surface area (Å²) in [5.41, 5.74) is 2.51. The predicted octanol–water partition coefficient (Wildman–Crippen LogP) is 2.65. The first kappa shape index (κ1) is 9.71. The predicted molar refractivity (Wildman–Crippen MR) is 58.7 cm³/mol. The van der Waals surface area contributed by atoms with E-state index in [1.165, 1.54) is 0 Å². The maximum Gasteiger partial charge on any atom is 0.192 e. The van der Waals surface area contributed by atoms with Crippen LogP contribution < -0.4 is 0 Å². The van der Waals surface area contributed by atoms with Crippen molar-refractivity contribution in [2.45, 2.75) is 6.92 Å². The molecular formula is C13H12O2. The van der Waals surface area contributed by atoms with Crippen molar-refractivity contribution in [2.24, 2.45) is 0 Å². The van der Waals surface area contributed by atoms with Crippen LogP contribution in [0.4, 0.5) is 0 Å². The fourth-order valence-corrected chi connectivity index (χ4v) is 1.51. The number of rotatable bonds is 2. The van der Waals surface area contributed by atoms with Gasteiger partial charge in [-0.2, -0.15) is 0 Å². The molecule has 1 heterocycles. The summed E-state index contributed by atoms with van der Waals surface area (Å²) in [7, 11) is 0. The smallest absolute Gasteiger partial charge is 0.192 e. The molecule has 0 atom stereocenters. The van der Waals surface area contributed by atoms with E-state index in [4.69, 9.17) is 4.74 Å². The van der Waals surface area contributed by atoms with Gasteiger partial charge in [0, 0.05) is 11.1 Å². The number of benzene rings is 1. The number of carbonyl (C=O) groups excluding carboxylic acids is 1. The lowest BCUT2D eigenvalue weighted by Gasteiger charge is -2.09. The molecular weight excluding hydrogens is 188 g/mol. The van der Waals surface area contributed by atoms with E-state index in [0.29, 0.717) is 12.2 Å². The standard InChI is InChI=1S/C13H12O2/c1-10-4-2-5-11(8-10)13(14)12-6-3-7-15-9-12/h2-8H,9H2,1H3. The lowest BCUT2D eigenvalue weighted by atomic mass is 10.0. The SMILES string of the molecule is Cc1cccc(C(=O)C2=CC=COC2)c1. The zero-order chi connectivity index (χ0) is 10.7. The maximum atomic E-state index is 12.0. The molecule has 0 saturated carbocycles. The van der Waals surface area contributed by atoms with Crippen LogP contribution in [0, 0.1) is 6.92 Å². The molecule has 2 nitrogen and oxygen atoms in total. The summed E-state index contributed by atoms with van der Waals surface area (Å²) >= 11 is 0. The first-order valence-electron chi connectivity index (χ1n) is 4.86. The molecule has 1 aliphatic rings. The summed E-state index contributed by atoms with van der Waals surface area (Å²) in [6.07, 6.45) is 5.13. The second-order valence-electron chi connectivity index (χ2n) is 3.53. The van der Waals surface area contributed by atoms with Crippen molar-refractivity contribution in [1.29, 1.82) is 0 Å². The fraction of sp³-hybridized carbons (Fsp3) is 0.154. The Bertz CT molecular complexity index is 442. The van der Waals surface area contributed by atoms with Crippen LogP contribution in [-0.2, 0) is 4.74 Å². The average molecular weight is 200 g/mol. The first-order chi connectivity index (χ1) is 7.27. The number of allylic oxidation sites excluding steroid dienone is 2. The molecule has 1 aromatic rings. The molecule has 2 heteroatoms. The summed E-state index contributed by atoms with van der Waals surface area (Å²) in [6.45, 7) is 2.34. The van der Waals surface area contributed by atoms with Gasteiger partial charge in [-0.15, -0.1) is 0 Å². The van der Waals surface area contributed by atoms with E-state index in [1.54, 1.807) is 18.4 Å². The molecule has 0 aliphatic carbocycles. The molecule has 0 saturated heterocycles. The summed E-state index contributed by atoms with van der Waals surface area (Å²) < 4.78 is 5.09. The normalized spacial score (nSPS) is 14.3. The molecule has 0 amide bonds. The van der Waals surface area contributed by atoms with Crippen LogP contribution in [0.1, 0.15) is 15.9 Å². The lowest BCUT2D eigenvalue weighted by molar-refractivity contribution is 0.101. The Kier molecular flexibility index (Phi) is 2.68. The van der Waals surface area contributed by atoms with Gasteiger partial charge in [0.1, 0.15) is 6.61 Å². The largest absolute Gasteiger partial charge is 0.496 e. The Morgan fingerprint density at radius 3 is 2.93 bits per heavy atom. The molecule has 0 radical (unpaired) electrons. The third kappa shape index (κ3) is 2.15. The van der Waals surface area contributed by atoms with Crippen molar-refractivity contribution in [2.75, 3.05) is 6.61 Å². The summed E-state index contributed by atoms with van der Waals surface area (Å²) in [5.74, 6) is 0.0445. The minimum Gasteiger partial charge on any atom is -0.496 e. The fourth-order valence-electron chi connectivity index (χ4n) is 1.51. The number of carbonyl (C=O) groups is 1. The Hall–Kier alpha value is -1.83. The van der Waals surface area contributed by atoms with Gasteiger partial charge in [-0.25, -0.2) is 0 Å². The van der Waals surface area contributed by atoms with Gasteiger partial charge in [-0.05, 0) is 25.1 Å². The van der Waals surface area contributed by atoms with E-state index in [2.05, 4.69) is 0 Å². The Morgan fingerprint density at radius 1 is 1.40 bits per heavy atom. The Labute approximate surface area is 88.9 Å². The molecule has 0 unspecified atom stereocenters. The summed E-state index contributed by atoms with van der Waals surface area (Å²) in [6, 6.07) is 7.58. The Balaban J connectivity index is 2.28. The van der Waals surface area contributed by atoms with Gasteiger partial charge in [0.15, 0.2) is 5.78 Å².